The minimum absolute atomic E-state index is 0.0623. The van der Waals surface area contributed by atoms with Crippen LogP contribution in [-0.2, 0) is 17.0 Å². The Morgan fingerprint density at radius 2 is 2.00 bits per heavy atom. The van der Waals surface area contributed by atoms with Gasteiger partial charge in [-0.3, -0.25) is 14.9 Å². The van der Waals surface area contributed by atoms with E-state index in [1.165, 1.54) is 11.3 Å². The minimum Gasteiger partial charge on any atom is -0.369 e. The first-order valence-corrected chi connectivity index (χ1v) is 10.4. The second-order valence-corrected chi connectivity index (χ2v) is 8.38. The molecule has 0 fully saturated rings. The molecular weight excluding hydrogens is 388 g/mol. The van der Waals surface area contributed by atoms with Crippen LogP contribution in [-0.4, -0.2) is 21.8 Å². The van der Waals surface area contributed by atoms with Crippen LogP contribution in [0.25, 0.3) is 0 Å². The van der Waals surface area contributed by atoms with Gasteiger partial charge in [-0.1, -0.05) is 30.0 Å². The van der Waals surface area contributed by atoms with E-state index in [2.05, 4.69) is 15.3 Å². The summed E-state index contributed by atoms with van der Waals surface area (Å²) in [5.74, 6) is -0.0223. The molecule has 3 rings (SSSR count). The summed E-state index contributed by atoms with van der Waals surface area (Å²) in [6.45, 7) is 1.96. The molecule has 1 aromatic carbocycles. The molecule has 0 radical (unpaired) electrons. The Kier molecular flexibility index (Phi) is 6.02. The number of carbonyl (C=O) groups excluding carboxylic acids is 2. The first-order valence-electron chi connectivity index (χ1n) is 7.68. The highest BCUT2D eigenvalue weighted by atomic mass is 32.2. The number of nitrogens with two attached hydrogens (primary N) is 1. The molecule has 0 aliphatic carbocycles. The first kappa shape index (κ1) is 18.6. The van der Waals surface area contributed by atoms with Gasteiger partial charge in [0.25, 0.3) is 5.91 Å². The van der Waals surface area contributed by atoms with Gasteiger partial charge in [-0.05, 0) is 18.6 Å². The zero-order chi connectivity index (χ0) is 18.5. The normalized spacial score (nSPS) is 10.7. The van der Waals surface area contributed by atoms with Gasteiger partial charge < -0.3 is 5.73 Å². The first-order chi connectivity index (χ1) is 12.5. The molecule has 0 saturated heterocycles. The maximum absolute atomic E-state index is 12.6. The van der Waals surface area contributed by atoms with Crippen LogP contribution in [0.5, 0.6) is 0 Å². The topological polar surface area (TPSA) is 98.0 Å². The maximum atomic E-state index is 12.6. The molecule has 2 heterocycles. The van der Waals surface area contributed by atoms with Gasteiger partial charge in [0.2, 0.25) is 5.91 Å². The van der Waals surface area contributed by atoms with Crippen LogP contribution in [0.15, 0.2) is 39.4 Å². The van der Waals surface area contributed by atoms with Crippen LogP contribution in [0.2, 0.25) is 0 Å². The predicted molar refractivity (Wildman–Crippen MR) is 106 cm³/mol. The molecule has 6 nitrogen and oxygen atoms in total. The van der Waals surface area contributed by atoms with Crippen molar-refractivity contribution < 1.29 is 9.59 Å². The van der Waals surface area contributed by atoms with Crippen molar-refractivity contribution in [1.82, 2.24) is 9.97 Å². The Balaban J connectivity index is 1.69. The van der Waals surface area contributed by atoms with Crippen LogP contribution < -0.4 is 11.1 Å². The van der Waals surface area contributed by atoms with Gasteiger partial charge in [-0.15, -0.1) is 22.7 Å². The lowest BCUT2D eigenvalue weighted by molar-refractivity contribution is -0.117. The van der Waals surface area contributed by atoms with E-state index >= 15 is 0 Å². The standard InChI is InChI=1S/C17H16N4O2S3/c1-10-7-25-17(19-10)26-8-11-4-2-3-5-13(11)15(23)21-16-20-12(9-24-16)6-14(18)22/h2-5,7,9H,6,8H2,1H3,(H2,18,22)(H,20,21,23). The third-order valence-electron chi connectivity index (χ3n) is 3.34. The highest BCUT2D eigenvalue weighted by Gasteiger charge is 2.14. The van der Waals surface area contributed by atoms with Crippen LogP contribution in [0.4, 0.5) is 5.13 Å². The highest BCUT2D eigenvalue weighted by molar-refractivity contribution is 8.00. The van der Waals surface area contributed by atoms with Gasteiger partial charge in [-0.2, -0.15) is 0 Å². The SMILES string of the molecule is Cc1csc(SCc2ccccc2C(=O)Nc2nc(CC(N)=O)cs2)n1. The third kappa shape index (κ3) is 4.90. The van der Waals surface area contributed by atoms with E-state index in [0.717, 1.165) is 15.6 Å². The van der Waals surface area contributed by atoms with E-state index in [1.807, 2.05) is 30.5 Å². The number of hydrogen-bond acceptors (Lipinski definition) is 7. The molecule has 0 saturated carbocycles. The van der Waals surface area contributed by atoms with Crippen molar-refractivity contribution in [1.29, 1.82) is 0 Å². The zero-order valence-electron chi connectivity index (χ0n) is 13.9. The second kappa shape index (κ2) is 8.43. The van der Waals surface area contributed by atoms with Crippen LogP contribution >= 0.6 is 34.4 Å². The summed E-state index contributed by atoms with van der Waals surface area (Å²) in [6.07, 6.45) is 0.0623. The number of benzene rings is 1. The Hall–Kier alpha value is -2.23. The van der Waals surface area contributed by atoms with Crippen molar-refractivity contribution in [3.63, 3.8) is 0 Å². The summed E-state index contributed by atoms with van der Waals surface area (Å²) in [6, 6.07) is 7.46. The maximum Gasteiger partial charge on any atom is 0.257 e. The Bertz CT molecular complexity index is 935. The van der Waals surface area contributed by atoms with Crippen molar-refractivity contribution in [3.05, 3.63) is 57.5 Å². The molecule has 2 aromatic heterocycles. The molecule has 0 bridgehead atoms. The van der Waals surface area contributed by atoms with Crippen molar-refractivity contribution >= 4 is 51.4 Å². The van der Waals surface area contributed by atoms with E-state index < -0.39 is 5.91 Å². The van der Waals surface area contributed by atoms with Gasteiger partial charge in [0.05, 0.1) is 12.1 Å². The Labute approximate surface area is 162 Å². The van der Waals surface area contributed by atoms with E-state index in [4.69, 9.17) is 5.73 Å². The summed E-state index contributed by atoms with van der Waals surface area (Å²) in [5, 5.41) is 6.96. The van der Waals surface area contributed by atoms with E-state index in [0.29, 0.717) is 22.1 Å². The fourth-order valence-corrected chi connectivity index (χ4v) is 4.75. The summed E-state index contributed by atoms with van der Waals surface area (Å²) >= 11 is 4.47. The smallest absolute Gasteiger partial charge is 0.257 e. The number of thioether (sulfide) groups is 1. The van der Waals surface area contributed by atoms with Gasteiger partial charge in [0, 0.05) is 27.8 Å². The number of hydrogen-bond donors (Lipinski definition) is 2. The summed E-state index contributed by atoms with van der Waals surface area (Å²) in [5.41, 5.74) is 8.24. The molecule has 0 atom stereocenters. The number of aryl methyl sites for hydroxylation is 1. The average Bonchev–Trinajstić information content (AvgIpc) is 3.21. The lowest BCUT2D eigenvalue weighted by Crippen LogP contribution is -2.15. The fourth-order valence-electron chi connectivity index (χ4n) is 2.19. The van der Waals surface area contributed by atoms with Crippen LogP contribution in [0.3, 0.4) is 0 Å². The Morgan fingerprint density at radius 1 is 1.19 bits per heavy atom. The molecule has 0 spiro atoms. The molecule has 134 valence electrons. The summed E-state index contributed by atoms with van der Waals surface area (Å²) < 4.78 is 0.980. The number of rotatable bonds is 7. The van der Waals surface area contributed by atoms with Crippen molar-refractivity contribution in [2.75, 3.05) is 5.32 Å². The predicted octanol–water partition coefficient (Wildman–Crippen LogP) is 3.48. The van der Waals surface area contributed by atoms with Crippen molar-refractivity contribution in [3.8, 4) is 0 Å². The van der Waals surface area contributed by atoms with Gasteiger partial charge in [-0.25, -0.2) is 9.97 Å². The number of primary amides is 1. The molecule has 0 unspecified atom stereocenters. The molecule has 3 N–H and O–H groups in total. The summed E-state index contributed by atoms with van der Waals surface area (Å²) in [7, 11) is 0. The van der Waals surface area contributed by atoms with Crippen LogP contribution in [0.1, 0.15) is 27.3 Å². The molecular formula is C17H16N4O2S3. The molecule has 0 aliphatic heterocycles. The van der Waals surface area contributed by atoms with Gasteiger partial charge in [0.15, 0.2) is 5.13 Å². The lowest BCUT2D eigenvalue weighted by atomic mass is 10.1. The number of nitrogens with one attached hydrogen (secondary N) is 1. The largest absolute Gasteiger partial charge is 0.369 e. The molecule has 26 heavy (non-hydrogen) atoms. The van der Waals surface area contributed by atoms with Gasteiger partial charge >= 0.3 is 0 Å². The number of nitrogens with zero attached hydrogens (tertiary/aromatic N) is 2. The average molecular weight is 405 g/mol. The van der Waals surface area contributed by atoms with Crippen LogP contribution in [0, 0.1) is 6.92 Å². The molecule has 0 aliphatic rings. The number of aromatic nitrogens is 2. The molecule has 2 amide bonds. The highest BCUT2D eigenvalue weighted by Crippen LogP contribution is 2.27. The second-order valence-electron chi connectivity index (χ2n) is 5.44. The fraction of sp³-hybridized carbons (Fsp3) is 0.176. The van der Waals surface area contributed by atoms with E-state index in [-0.39, 0.29) is 12.3 Å². The van der Waals surface area contributed by atoms with E-state index in [9.17, 15) is 9.59 Å². The molecule has 3 aromatic rings. The van der Waals surface area contributed by atoms with Crippen molar-refractivity contribution in [2.24, 2.45) is 5.73 Å². The van der Waals surface area contributed by atoms with Gasteiger partial charge in [0.1, 0.15) is 4.34 Å². The minimum atomic E-state index is -0.451. The Morgan fingerprint density at radius 3 is 2.73 bits per heavy atom. The zero-order valence-corrected chi connectivity index (χ0v) is 16.3. The third-order valence-corrected chi connectivity index (χ3v) is 6.33. The lowest BCUT2D eigenvalue weighted by Gasteiger charge is -2.08. The number of carbonyl (C=O) groups is 2. The number of amides is 2. The number of thiazole rings is 2. The number of anilines is 1. The summed E-state index contributed by atoms with van der Waals surface area (Å²) in [4.78, 5) is 32.2. The van der Waals surface area contributed by atoms with E-state index in [1.54, 1.807) is 34.5 Å². The molecule has 9 heteroatoms. The van der Waals surface area contributed by atoms with Crippen molar-refractivity contribution in [2.45, 2.75) is 23.4 Å². The monoisotopic (exact) mass is 404 g/mol. The quantitative estimate of drug-likeness (QED) is 0.588.